The number of halogens is 1. The fourth-order valence-corrected chi connectivity index (χ4v) is 1.97. The molecule has 0 aliphatic rings. The molecule has 1 unspecified atom stereocenters. The fraction of sp³-hybridized carbons (Fsp3) is 0.167. The third kappa shape index (κ3) is 3.02. The Balaban J connectivity index is 2.16. The topological polar surface area (TPSA) is 97.1 Å². The minimum Gasteiger partial charge on any atom is -0.478 e. The molecule has 2 N–H and O–H groups in total. The van der Waals surface area contributed by atoms with E-state index >= 15 is 0 Å². The predicted molar refractivity (Wildman–Crippen MR) is 74.5 cm³/mol. The van der Waals surface area contributed by atoms with Gasteiger partial charge in [0, 0.05) is 10.2 Å². The lowest BCUT2D eigenvalue weighted by Crippen LogP contribution is -2.24. The molecule has 8 heteroatoms. The average Bonchev–Trinajstić information content (AvgIpc) is 2.93. The van der Waals surface area contributed by atoms with Crippen molar-refractivity contribution in [3.63, 3.8) is 0 Å². The van der Waals surface area contributed by atoms with Crippen LogP contribution in [0.2, 0.25) is 0 Å². The van der Waals surface area contributed by atoms with Gasteiger partial charge in [0.05, 0.1) is 5.56 Å². The molecule has 2 rings (SSSR count). The number of aromatic carboxylic acids is 1. The molecule has 1 aromatic carbocycles. The lowest BCUT2D eigenvalue weighted by Gasteiger charge is -2.12. The molecule has 104 valence electrons. The number of carbonyl (C=O) groups is 2. The molecule has 1 aromatic heterocycles. The van der Waals surface area contributed by atoms with Gasteiger partial charge in [0.25, 0.3) is 0 Å². The summed E-state index contributed by atoms with van der Waals surface area (Å²) < 4.78 is 1.86. The van der Waals surface area contributed by atoms with E-state index in [-0.39, 0.29) is 11.5 Å². The molecular weight excluding hydrogens is 328 g/mol. The number of rotatable bonds is 4. The number of nitrogens with one attached hydrogen (secondary N) is 1. The van der Waals surface area contributed by atoms with E-state index in [1.165, 1.54) is 23.4 Å². The Morgan fingerprint density at radius 2 is 2.20 bits per heavy atom. The van der Waals surface area contributed by atoms with Crippen molar-refractivity contribution in [1.82, 2.24) is 14.8 Å². The standard InChI is InChI=1S/C12H11BrN4O3/c1-7(17-6-14-5-15-17)11(18)16-8-2-3-10(13)9(4-8)12(19)20/h2-7H,1H3,(H,16,18)(H,19,20). The first-order valence-corrected chi connectivity index (χ1v) is 6.46. The van der Waals surface area contributed by atoms with Crippen molar-refractivity contribution in [2.24, 2.45) is 0 Å². The summed E-state index contributed by atoms with van der Waals surface area (Å²) >= 11 is 3.14. The van der Waals surface area contributed by atoms with E-state index in [4.69, 9.17) is 5.11 Å². The second-order valence-corrected chi connectivity index (χ2v) is 4.89. The van der Waals surface area contributed by atoms with E-state index < -0.39 is 12.0 Å². The number of amides is 1. The van der Waals surface area contributed by atoms with Crippen LogP contribution in [0.5, 0.6) is 0 Å². The summed E-state index contributed by atoms with van der Waals surface area (Å²) in [6.07, 6.45) is 2.78. The normalized spacial score (nSPS) is 11.9. The van der Waals surface area contributed by atoms with Gasteiger partial charge in [-0.2, -0.15) is 5.10 Å². The highest BCUT2D eigenvalue weighted by Crippen LogP contribution is 2.21. The van der Waals surface area contributed by atoms with Crippen LogP contribution >= 0.6 is 15.9 Å². The van der Waals surface area contributed by atoms with E-state index in [2.05, 4.69) is 31.3 Å². The van der Waals surface area contributed by atoms with Gasteiger partial charge < -0.3 is 10.4 Å². The highest BCUT2D eigenvalue weighted by Gasteiger charge is 2.16. The number of carboxylic acids is 1. The Hall–Kier alpha value is -2.22. The first kappa shape index (κ1) is 14.2. The summed E-state index contributed by atoms with van der Waals surface area (Å²) in [6.45, 7) is 1.67. The van der Waals surface area contributed by atoms with Crippen molar-refractivity contribution in [1.29, 1.82) is 0 Å². The van der Waals surface area contributed by atoms with Gasteiger partial charge in [-0.1, -0.05) is 0 Å². The second-order valence-electron chi connectivity index (χ2n) is 4.04. The van der Waals surface area contributed by atoms with Crippen molar-refractivity contribution in [2.45, 2.75) is 13.0 Å². The van der Waals surface area contributed by atoms with Crippen LogP contribution in [-0.4, -0.2) is 31.7 Å². The van der Waals surface area contributed by atoms with E-state index in [0.29, 0.717) is 10.2 Å². The van der Waals surface area contributed by atoms with Crippen molar-refractivity contribution < 1.29 is 14.7 Å². The molecule has 0 bridgehead atoms. The van der Waals surface area contributed by atoms with E-state index in [9.17, 15) is 9.59 Å². The molecule has 0 saturated heterocycles. The number of benzene rings is 1. The summed E-state index contributed by atoms with van der Waals surface area (Å²) in [6, 6.07) is 4.02. The van der Waals surface area contributed by atoms with Crippen molar-refractivity contribution in [2.75, 3.05) is 5.32 Å². The SMILES string of the molecule is CC(C(=O)Nc1ccc(Br)c(C(=O)O)c1)n1cncn1. The van der Waals surface area contributed by atoms with Gasteiger partial charge in [0.15, 0.2) is 0 Å². The predicted octanol–water partition coefficient (Wildman–Crippen LogP) is 1.94. The summed E-state index contributed by atoms with van der Waals surface area (Å²) in [4.78, 5) is 26.8. The number of carbonyl (C=O) groups excluding carboxylic acids is 1. The molecule has 1 heterocycles. The van der Waals surface area contributed by atoms with Crippen LogP contribution in [-0.2, 0) is 4.79 Å². The molecule has 2 aromatic rings. The zero-order chi connectivity index (χ0) is 14.7. The quantitative estimate of drug-likeness (QED) is 0.887. The lowest BCUT2D eigenvalue weighted by molar-refractivity contribution is -0.119. The minimum absolute atomic E-state index is 0.0798. The summed E-state index contributed by atoms with van der Waals surface area (Å²) in [7, 11) is 0. The van der Waals surface area contributed by atoms with Gasteiger partial charge in [0.1, 0.15) is 18.7 Å². The summed E-state index contributed by atoms with van der Waals surface area (Å²) in [5, 5.41) is 15.5. The van der Waals surface area contributed by atoms with Crippen LogP contribution in [0.3, 0.4) is 0 Å². The average molecular weight is 339 g/mol. The van der Waals surface area contributed by atoms with Gasteiger partial charge in [-0.05, 0) is 41.1 Å². The van der Waals surface area contributed by atoms with Crippen LogP contribution in [0.15, 0.2) is 35.3 Å². The fourth-order valence-electron chi connectivity index (χ4n) is 1.55. The van der Waals surface area contributed by atoms with E-state index in [1.54, 1.807) is 19.1 Å². The van der Waals surface area contributed by atoms with Crippen molar-refractivity contribution >= 4 is 33.5 Å². The van der Waals surface area contributed by atoms with Crippen LogP contribution in [0, 0.1) is 0 Å². The van der Waals surface area contributed by atoms with Crippen LogP contribution in [0.4, 0.5) is 5.69 Å². The van der Waals surface area contributed by atoms with Gasteiger partial charge in [-0.3, -0.25) is 4.79 Å². The maximum Gasteiger partial charge on any atom is 0.336 e. The monoisotopic (exact) mass is 338 g/mol. The first-order valence-electron chi connectivity index (χ1n) is 5.67. The van der Waals surface area contributed by atoms with Crippen LogP contribution in [0.1, 0.15) is 23.3 Å². The molecule has 0 spiro atoms. The zero-order valence-electron chi connectivity index (χ0n) is 10.4. The number of carboxylic acid groups (broad SMARTS) is 1. The molecule has 1 atom stereocenters. The molecule has 1 amide bonds. The summed E-state index contributed by atoms with van der Waals surface area (Å²) in [5.74, 6) is -1.38. The molecular formula is C12H11BrN4O3. The second kappa shape index (κ2) is 5.83. The number of aromatic nitrogens is 3. The van der Waals surface area contributed by atoms with Crippen molar-refractivity contribution in [3.8, 4) is 0 Å². The molecule has 0 fully saturated rings. The van der Waals surface area contributed by atoms with Crippen LogP contribution in [0.25, 0.3) is 0 Å². The Morgan fingerprint density at radius 1 is 1.45 bits per heavy atom. The maximum absolute atomic E-state index is 12.0. The smallest absolute Gasteiger partial charge is 0.336 e. The first-order chi connectivity index (χ1) is 9.49. The highest BCUT2D eigenvalue weighted by atomic mass is 79.9. The Kier molecular flexibility index (Phi) is 4.14. The van der Waals surface area contributed by atoms with Crippen LogP contribution < -0.4 is 5.32 Å². The van der Waals surface area contributed by atoms with Crippen molar-refractivity contribution in [3.05, 3.63) is 40.9 Å². The molecule has 0 aliphatic heterocycles. The highest BCUT2D eigenvalue weighted by molar-refractivity contribution is 9.10. The Bertz CT molecular complexity index is 642. The molecule has 7 nitrogen and oxygen atoms in total. The largest absolute Gasteiger partial charge is 0.478 e. The maximum atomic E-state index is 12.0. The van der Waals surface area contributed by atoms with Gasteiger partial charge >= 0.3 is 5.97 Å². The van der Waals surface area contributed by atoms with Gasteiger partial charge in [0.2, 0.25) is 5.91 Å². The third-order valence-corrected chi connectivity index (χ3v) is 3.37. The molecule has 0 aliphatic carbocycles. The third-order valence-electron chi connectivity index (χ3n) is 2.68. The number of hydrogen-bond acceptors (Lipinski definition) is 4. The minimum atomic E-state index is -1.07. The zero-order valence-corrected chi connectivity index (χ0v) is 12.0. The van der Waals surface area contributed by atoms with E-state index in [1.807, 2.05) is 0 Å². The molecule has 0 radical (unpaired) electrons. The summed E-state index contributed by atoms with van der Waals surface area (Å²) in [5.41, 5.74) is 0.485. The lowest BCUT2D eigenvalue weighted by atomic mass is 10.2. The van der Waals surface area contributed by atoms with Gasteiger partial charge in [-0.15, -0.1) is 0 Å². The van der Waals surface area contributed by atoms with Gasteiger partial charge in [-0.25, -0.2) is 14.5 Å². The molecule has 0 saturated carbocycles. The Labute approximate surface area is 122 Å². The van der Waals surface area contributed by atoms with E-state index in [0.717, 1.165) is 0 Å². The Morgan fingerprint density at radius 3 is 2.80 bits per heavy atom. The number of nitrogens with zero attached hydrogens (tertiary/aromatic N) is 3. The molecule has 20 heavy (non-hydrogen) atoms. The number of hydrogen-bond donors (Lipinski definition) is 2. The number of anilines is 1.